The second-order valence-electron chi connectivity index (χ2n) is 3.98. The summed E-state index contributed by atoms with van der Waals surface area (Å²) in [7, 11) is 0. The van der Waals surface area contributed by atoms with E-state index in [9.17, 15) is 9.18 Å². The van der Waals surface area contributed by atoms with Crippen LogP contribution in [0.3, 0.4) is 0 Å². The van der Waals surface area contributed by atoms with E-state index in [1.165, 1.54) is 6.07 Å². The molecule has 0 saturated heterocycles. The van der Waals surface area contributed by atoms with Crippen molar-refractivity contribution >= 4 is 21.7 Å². The van der Waals surface area contributed by atoms with E-state index in [0.29, 0.717) is 10.0 Å². The summed E-state index contributed by atoms with van der Waals surface area (Å²) < 4.78 is 14.1. The summed E-state index contributed by atoms with van der Waals surface area (Å²) in [5, 5.41) is 0. The van der Waals surface area contributed by atoms with Gasteiger partial charge < -0.3 is 0 Å². The van der Waals surface area contributed by atoms with Crippen molar-refractivity contribution in [3.63, 3.8) is 0 Å². The predicted molar refractivity (Wildman–Crippen MR) is 73.4 cm³/mol. The molecule has 0 aliphatic carbocycles. The number of carbonyl (C=O) groups is 1. The van der Waals surface area contributed by atoms with Crippen LogP contribution in [0.25, 0.3) is 0 Å². The van der Waals surface area contributed by atoms with Gasteiger partial charge in [0.1, 0.15) is 5.82 Å². The lowest BCUT2D eigenvalue weighted by Crippen LogP contribution is -2.04. The Balaban J connectivity index is 2.38. The second-order valence-corrected chi connectivity index (χ2v) is 4.84. The molecule has 2 aromatic rings. The molecule has 0 N–H and O–H groups in total. The highest BCUT2D eigenvalue weighted by atomic mass is 79.9. The Hall–Kier alpha value is -1.48. The molecule has 3 heteroatoms. The fourth-order valence-electron chi connectivity index (χ4n) is 1.73. The van der Waals surface area contributed by atoms with Crippen molar-refractivity contribution < 1.29 is 9.18 Å². The maximum atomic E-state index is 13.8. The van der Waals surface area contributed by atoms with Crippen molar-refractivity contribution in [3.05, 3.63) is 69.4 Å². The van der Waals surface area contributed by atoms with Gasteiger partial charge in [-0.1, -0.05) is 37.3 Å². The van der Waals surface area contributed by atoms with Gasteiger partial charge in [0, 0.05) is 5.56 Å². The molecule has 18 heavy (non-hydrogen) atoms. The number of benzene rings is 2. The molecule has 0 atom stereocenters. The number of carbonyl (C=O) groups excluding carboxylic acids is 1. The smallest absolute Gasteiger partial charge is 0.196 e. The number of aryl methyl sites for hydroxylation is 1. The Bertz CT molecular complexity index is 576. The van der Waals surface area contributed by atoms with E-state index in [-0.39, 0.29) is 11.3 Å². The minimum Gasteiger partial charge on any atom is -0.288 e. The average molecular weight is 307 g/mol. The third kappa shape index (κ3) is 2.51. The lowest BCUT2D eigenvalue weighted by molar-refractivity contribution is 0.103. The topological polar surface area (TPSA) is 17.1 Å². The number of rotatable bonds is 3. The molecular formula is C15H12BrFO. The predicted octanol–water partition coefficient (Wildman–Crippen LogP) is 4.38. The summed E-state index contributed by atoms with van der Waals surface area (Å²) >= 11 is 3.08. The van der Waals surface area contributed by atoms with Crippen LogP contribution in [0.4, 0.5) is 4.39 Å². The minimum absolute atomic E-state index is 0.0913. The van der Waals surface area contributed by atoms with Crippen molar-refractivity contribution in [1.82, 2.24) is 0 Å². The average Bonchev–Trinajstić information content (AvgIpc) is 2.41. The van der Waals surface area contributed by atoms with Crippen molar-refractivity contribution in [3.8, 4) is 0 Å². The van der Waals surface area contributed by atoms with E-state index < -0.39 is 5.82 Å². The van der Waals surface area contributed by atoms with E-state index in [1.54, 1.807) is 24.3 Å². The molecule has 92 valence electrons. The van der Waals surface area contributed by atoms with Gasteiger partial charge in [0.25, 0.3) is 0 Å². The van der Waals surface area contributed by atoms with Crippen LogP contribution in [-0.4, -0.2) is 5.78 Å². The van der Waals surface area contributed by atoms with Gasteiger partial charge in [-0.25, -0.2) is 4.39 Å². The zero-order valence-electron chi connectivity index (χ0n) is 9.91. The van der Waals surface area contributed by atoms with Crippen LogP contribution in [0.5, 0.6) is 0 Å². The van der Waals surface area contributed by atoms with Crippen LogP contribution >= 0.6 is 15.9 Å². The van der Waals surface area contributed by atoms with Gasteiger partial charge >= 0.3 is 0 Å². The summed E-state index contributed by atoms with van der Waals surface area (Å²) in [5.41, 5.74) is 1.75. The molecule has 1 nitrogen and oxygen atoms in total. The molecular weight excluding hydrogens is 295 g/mol. The van der Waals surface area contributed by atoms with Gasteiger partial charge in [0.05, 0.1) is 10.0 Å². The molecule has 0 saturated carbocycles. The van der Waals surface area contributed by atoms with Crippen LogP contribution in [0.15, 0.2) is 46.9 Å². The van der Waals surface area contributed by atoms with E-state index in [1.807, 2.05) is 19.1 Å². The van der Waals surface area contributed by atoms with E-state index in [2.05, 4.69) is 15.9 Å². The first-order valence-electron chi connectivity index (χ1n) is 5.71. The van der Waals surface area contributed by atoms with E-state index >= 15 is 0 Å². The molecule has 2 aromatic carbocycles. The first-order valence-corrected chi connectivity index (χ1v) is 6.50. The van der Waals surface area contributed by atoms with Gasteiger partial charge in [-0.05, 0) is 40.0 Å². The largest absolute Gasteiger partial charge is 0.288 e. The molecule has 0 spiro atoms. The Morgan fingerprint density at radius 1 is 1.17 bits per heavy atom. The quantitative estimate of drug-likeness (QED) is 0.769. The SMILES string of the molecule is CCc1ccc(C(=O)c2cccc(Br)c2F)cc1. The lowest BCUT2D eigenvalue weighted by atomic mass is 10.0. The minimum atomic E-state index is -0.512. The van der Waals surface area contributed by atoms with Gasteiger partial charge in [0.15, 0.2) is 5.78 Å². The van der Waals surface area contributed by atoms with Crippen LogP contribution in [0.2, 0.25) is 0 Å². The first kappa shape index (κ1) is 13.0. The number of hydrogen-bond acceptors (Lipinski definition) is 1. The van der Waals surface area contributed by atoms with E-state index in [4.69, 9.17) is 0 Å². The standard InChI is InChI=1S/C15H12BrFO/c1-2-10-6-8-11(9-7-10)15(18)12-4-3-5-13(16)14(12)17/h3-9H,2H2,1H3. The molecule has 0 heterocycles. The summed E-state index contributed by atoms with van der Waals surface area (Å²) in [5.74, 6) is -0.807. The van der Waals surface area contributed by atoms with Gasteiger partial charge in [-0.15, -0.1) is 0 Å². The molecule has 0 radical (unpaired) electrons. The van der Waals surface area contributed by atoms with Crippen LogP contribution < -0.4 is 0 Å². The summed E-state index contributed by atoms with van der Waals surface area (Å²) in [6.45, 7) is 2.05. The lowest BCUT2D eigenvalue weighted by Gasteiger charge is -2.05. The maximum Gasteiger partial charge on any atom is 0.196 e. The molecule has 0 aliphatic heterocycles. The maximum absolute atomic E-state index is 13.8. The number of hydrogen-bond donors (Lipinski definition) is 0. The summed E-state index contributed by atoms with van der Waals surface area (Å²) in [4.78, 5) is 12.2. The summed E-state index contributed by atoms with van der Waals surface area (Å²) in [6.07, 6.45) is 0.916. The Morgan fingerprint density at radius 2 is 1.83 bits per heavy atom. The van der Waals surface area contributed by atoms with Gasteiger partial charge in [-0.2, -0.15) is 0 Å². The number of ketones is 1. The zero-order chi connectivity index (χ0) is 13.1. The highest BCUT2D eigenvalue weighted by molar-refractivity contribution is 9.10. The van der Waals surface area contributed by atoms with Crippen LogP contribution in [-0.2, 0) is 6.42 Å². The normalized spacial score (nSPS) is 10.4. The third-order valence-corrected chi connectivity index (χ3v) is 3.43. The fourth-order valence-corrected chi connectivity index (χ4v) is 2.09. The highest BCUT2D eigenvalue weighted by Crippen LogP contribution is 2.21. The molecule has 0 unspecified atom stereocenters. The monoisotopic (exact) mass is 306 g/mol. The molecule has 0 fully saturated rings. The second kappa shape index (κ2) is 5.44. The van der Waals surface area contributed by atoms with Crippen LogP contribution in [0.1, 0.15) is 28.4 Å². The van der Waals surface area contributed by atoms with Gasteiger partial charge in [-0.3, -0.25) is 4.79 Å². The summed E-state index contributed by atoms with van der Waals surface area (Å²) in [6, 6.07) is 12.0. The molecule has 0 amide bonds. The Morgan fingerprint density at radius 3 is 2.44 bits per heavy atom. The molecule has 0 aliphatic rings. The molecule has 0 bridgehead atoms. The van der Waals surface area contributed by atoms with E-state index in [0.717, 1.165) is 12.0 Å². The van der Waals surface area contributed by atoms with Crippen LogP contribution in [0, 0.1) is 5.82 Å². The number of halogens is 2. The van der Waals surface area contributed by atoms with Crippen molar-refractivity contribution in [2.75, 3.05) is 0 Å². The molecule has 0 aromatic heterocycles. The van der Waals surface area contributed by atoms with Crippen molar-refractivity contribution in [1.29, 1.82) is 0 Å². The third-order valence-electron chi connectivity index (χ3n) is 2.82. The van der Waals surface area contributed by atoms with Crippen molar-refractivity contribution in [2.45, 2.75) is 13.3 Å². The zero-order valence-corrected chi connectivity index (χ0v) is 11.5. The van der Waals surface area contributed by atoms with Gasteiger partial charge in [0.2, 0.25) is 0 Å². The highest BCUT2D eigenvalue weighted by Gasteiger charge is 2.15. The Kier molecular flexibility index (Phi) is 3.92. The first-order chi connectivity index (χ1) is 8.63. The molecule has 2 rings (SSSR count). The fraction of sp³-hybridized carbons (Fsp3) is 0.133. The van der Waals surface area contributed by atoms with Crippen molar-refractivity contribution in [2.24, 2.45) is 0 Å². The Labute approximate surface area is 114 Å².